The van der Waals surface area contributed by atoms with E-state index >= 15 is 0 Å². The molecule has 0 aromatic carbocycles. The number of hydrogen-bond donors (Lipinski definition) is 1. The Morgan fingerprint density at radius 1 is 0.720 bits per heavy atom. The minimum absolute atomic E-state index is 0.139. The fourth-order valence-corrected chi connectivity index (χ4v) is 6.09. The largest absolute Gasteiger partial charge is 0.409 e. The van der Waals surface area contributed by atoms with Crippen molar-refractivity contribution < 1.29 is 27.9 Å². The summed E-state index contributed by atoms with van der Waals surface area (Å²) in [6.07, 6.45) is -2.11. The van der Waals surface area contributed by atoms with E-state index in [4.69, 9.17) is 22.8 Å². The Morgan fingerprint density at radius 3 is 1.48 bits per heavy atom. The Bertz CT molecular complexity index is 386. The summed E-state index contributed by atoms with van der Waals surface area (Å²) in [5.41, 5.74) is 0. The predicted molar refractivity (Wildman–Crippen MR) is 107 cm³/mol. The van der Waals surface area contributed by atoms with Crippen molar-refractivity contribution >= 4 is 25.0 Å². The molecule has 5 atom stereocenters. The molecule has 150 valence electrons. The highest BCUT2D eigenvalue weighted by molar-refractivity contribution is 6.70. The molecular formula is C16H38O6Si3. The number of aliphatic hydroxyl groups excluding tert-OH is 1. The summed E-state index contributed by atoms with van der Waals surface area (Å²) >= 11 is 0. The summed E-state index contributed by atoms with van der Waals surface area (Å²) in [7, 11) is -4.04. The molecule has 0 aromatic heterocycles. The first kappa shape index (κ1) is 23.5. The van der Waals surface area contributed by atoms with Gasteiger partial charge in [0.1, 0.15) is 24.4 Å². The number of aliphatic hydroxyl groups is 1. The molecule has 1 rings (SSSR count). The fourth-order valence-electron chi connectivity index (χ4n) is 2.84. The second kappa shape index (κ2) is 8.61. The lowest BCUT2D eigenvalue weighted by atomic mass is 9.99. The van der Waals surface area contributed by atoms with Gasteiger partial charge in [-0.2, -0.15) is 0 Å². The summed E-state index contributed by atoms with van der Waals surface area (Å²) in [6.45, 7) is 19.1. The summed E-state index contributed by atoms with van der Waals surface area (Å²) in [5, 5.41) is 9.89. The van der Waals surface area contributed by atoms with Gasteiger partial charge in [-0.05, 0) is 58.9 Å². The Balaban J connectivity index is 3.27. The van der Waals surface area contributed by atoms with E-state index in [1.54, 1.807) is 7.11 Å². The van der Waals surface area contributed by atoms with Gasteiger partial charge in [-0.3, -0.25) is 0 Å². The van der Waals surface area contributed by atoms with Gasteiger partial charge < -0.3 is 27.9 Å². The molecule has 0 amide bonds. The molecule has 0 unspecified atom stereocenters. The number of methoxy groups -OCH3 is 1. The number of hydrogen-bond acceptors (Lipinski definition) is 6. The van der Waals surface area contributed by atoms with Crippen molar-refractivity contribution in [2.45, 2.75) is 89.6 Å². The zero-order chi connectivity index (χ0) is 19.6. The molecule has 0 saturated carbocycles. The van der Waals surface area contributed by atoms with Gasteiger partial charge in [0.15, 0.2) is 31.2 Å². The van der Waals surface area contributed by atoms with Crippen LogP contribution in [0.15, 0.2) is 0 Å². The van der Waals surface area contributed by atoms with Crippen LogP contribution in [0.2, 0.25) is 58.9 Å². The maximum absolute atomic E-state index is 9.89. The normalized spacial score (nSPS) is 32.0. The van der Waals surface area contributed by atoms with Crippen molar-refractivity contribution in [1.82, 2.24) is 0 Å². The lowest BCUT2D eigenvalue weighted by molar-refractivity contribution is -0.284. The first-order valence-electron chi connectivity index (χ1n) is 8.99. The highest BCUT2D eigenvalue weighted by Gasteiger charge is 2.51. The highest BCUT2D eigenvalue weighted by Crippen LogP contribution is 2.33. The van der Waals surface area contributed by atoms with Crippen LogP contribution in [0.1, 0.15) is 0 Å². The Morgan fingerprint density at radius 2 is 1.12 bits per heavy atom. The van der Waals surface area contributed by atoms with Crippen molar-refractivity contribution in [3.8, 4) is 0 Å². The molecule has 0 aromatic rings. The third-order valence-electron chi connectivity index (χ3n) is 3.47. The van der Waals surface area contributed by atoms with E-state index in [9.17, 15) is 5.11 Å². The number of rotatable bonds is 8. The maximum Gasteiger partial charge on any atom is 0.185 e. The maximum atomic E-state index is 9.89. The fraction of sp³-hybridized carbons (Fsp3) is 1.00. The lowest BCUT2D eigenvalue weighted by Crippen LogP contribution is -2.66. The van der Waals surface area contributed by atoms with Gasteiger partial charge in [0.25, 0.3) is 0 Å². The van der Waals surface area contributed by atoms with Crippen LogP contribution in [0, 0.1) is 0 Å². The summed E-state index contributed by atoms with van der Waals surface area (Å²) in [5.74, 6) is 0. The molecule has 1 fully saturated rings. The van der Waals surface area contributed by atoms with Crippen molar-refractivity contribution in [1.29, 1.82) is 0 Å². The molecule has 0 radical (unpaired) electrons. The van der Waals surface area contributed by atoms with Crippen LogP contribution in [0.25, 0.3) is 0 Å². The molecule has 1 N–H and O–H groups in total. The average Bonchev–Trinajstić information content (AvgIpc) is 2.38. The molecule has 25 heavy (non-hydrogen) atoms. The average molecular weight is 411 g/mol. The predicted octanol–water partition coefficient (Wildman–Crippen LogP) is 3.01. The smallest absolute Gasteiger partial charge is 0.185 e. The minimum atomic E-state index is -1.89. The summed E-state index contributed by atoms with van der Waals surface area (Å²) in [6, 6.07) is 0. The third-order valence-corrected chi connectivity index (χ3v) is 6.41. The van der Waals surface area contributed by atoms with Crippen molar-refractivity contribution in [2.24, 2.45) is 0 Å². The van der Waals surface area contributed by atoms with Crippen LogP contribution in [-0.4, -0.2) is 74.5 Å². The van der Waals surface area contributed by atoms with Gasteiger partial charge in [-0.25, -0.2) is 0 Å². The van der Waals surface area contributed by atoms with Gasteiger partial charge in [-0.15, -0.1) is 0 Å². The van der Waals surface area contributed by atoms with Gasteiger partial charge in [-0.1, -0.05) is 0 Å². The molecule has 1 saturated heterocycles. The van der Waals surface area contributed by atoms with E-state index in [-0.39, 0.29) is 24.9 Å². The molecular weight excluding hydrogens is 372 g/mol. The van der Waals surface area contributed by atoms with Gasteiger partial charge >= 0.3 is 0 Å². The van der Waals surface area contributed by atoms with E-state index in [0.29, 0.717) is 0 Å². The topological polar surface area (TPSA) is 66.4 Å². The quantitative estimate of drug-likeness (QED) is 0.621. The molecule has 0 spiro atoms. The second-order valence-electron chi connectivity index (χ2n) is 9.55. The molecule has 0 aliphatic carbocycles. The van der Waals surface area contributed by atoms with E-state index in [2.05, 4.69) is 58.9 Å². The van der Waals surface area contributed by atoms with Gasteiger partial charge in [0, 0.05) is 7.11 Å². The minimum Gasteiger partial charge on any atom is -0.409 e. The van der Waals surface area contributed by atoms with Gasteiger partial charge in [0.2, 0.25) is 0 Å². The molecule has 1 aliphatic heterocycles. The van der Waals surface area contributed by atoms with Crippen molar-refractivity contribution in [3.05, 3.63) is 0 Å². The van der Waals surface area contributed by atoms with Crippen LogP contribution in [0.5, 0.6) is 0 Å². The Labute approximate surface area is 156 Å². The van der Waals surface area contributed by atoms with E-state index in [0.717, 1.165) is 0 Å². The summed E-state index contributed by atoms with van der Waals surface area (Å²) in [4.78, 5) is 0. The van der Waals surface area contributed by atoms with Crippen LogP contribution < -0.4 is 0 Å². The second-order valence-corrected chi connectivity index (χ2v) is 22.9. The van der Waals surface area contributed by atoms with E-state index in [1.807, 2.05) is 0 Å². The van der Waals surface area contributed by atoms with Gasteiger partial charge in [0.05, 0.1) is 6.61 Å². The standard InChI is InChI=1S/C16H38O6Si3/c1-18-16-15(22-25(8,9)10)14(21-24(5,6)7)13(12(11-17)19-16)20-23(2,3)4/h12-17H,11H2,1-10H3/t12-,13+,14+,15-,16-/m1/s1. The first-order valence-corrected chi connectivity index (χ1v) is 19.2. The van der Waals surface area contributed by atoms with Crippen molar-refractivity contribution in [2.75, 3.05) is 13.7 Å². The molecule has 9 heteroatoms. The monoisotopic (exact) mass is 410 g/mol. The zero-order valence-corrected chi connectivity index (χ0v) is 20.6. The Hall–Kier alpha value is 0.411. The van der Waals surface area contributed by atoms with Crippen LogP contribution in [0.4, 0.5) is 0 Å². The van der Waals surface area contributed by atoms with Crippen LogP contribution >= 0.6 is 0 Å². The highest BCUT2D eigenvalue weighted by atomic mass is 28.4. The Kier molecular flexibility index (Phi) is 8.08. The molecule has 6 nitrogen and oxygen atoms in total. The molecule has 0 bridgehead atoms. The van der Waals surface area contributed by atoms with Crippen LogP contribution in [0.3, 0.4) is 0 Å². The number of ether oxygens (including phenoxy) is 2. The lowest BCUT2D eigenvalue weighted by Gasteiger charge is -2.50. The molecule has 1 aliphatic rings. The zero-order valence-electron chi connectivity index (χ0n) is 17.6. The SMILES string of the molecule is CO[C@@H]1O[C@H](CO)[C@H](O[Si](C)(C)C)[C@H](O[Si](C)(C)C)[C@H]1O[Si](C)(C)C. The van der Waals surface area contributed by atoms with E-state index in [1.165, 1.54) is 0 Å². The van der Waals surface area contributed by atoms with E-state index < -0.39 is 37.3 Å². The third kappa shape index (κ3) is 7.89. The van der Waals surface area contributed by atoms with Crippen LogP contribution in [-0.2, 0) is 22.8 Å². The first-order chi connectivity index (χ1) is 11.2. The van der Waals surface area contributed by atoms with Crippen molar-refractivity contribution in [3.63, 3.8) is 0 Å². The summed E-state index contributed by atoms with van der Waals surface area (Å²) < 4.78 is 30.9. The molecule has 1 heterocycles.